The lowest BCUT2D eigenvalue weighted by molar-refractivity contribution is -0.118. The maximum absolute atomic E-state index is 10.8. The molecule has 1 aromatic heterocycles. The van der Waals surface area contributed by atoms with Crippen LogP contribution in [0.2, 0.25) is 0 Å². The number of hydrogen-bond acceptors (Lipinski definition) is 3. The number of carbonyl (C=O) groups excluding carboxylic acids is 1. The molecule has 0 aliphatic rings. The molecule has 0 fully saturated rings. The Balaban J connectivity index is 2.63. The Morgan fingerprint density at radius 3 is 2.79 bits per heavy atom. The number of nitrogens with two attached hydrogens (primary N) is 1. The van der Waals surface area contributed by atoms with Gasteiger partial charge in [0.15, 0.2) is 0 Å². The van der Waals surface area contributed by atoms with E-state index in [0.717, 1.165) is 5.82 Å². The van der Waals surface area contributed by atoms with Crippen molar-refractivity contribution in [1.29, 1.82) is 0 Å². The second kappa shape index (κ2) is 4.09. The van der Waals surface area contributed by atoms with Crippen LogP contribution in [0.5, 0.6) is 0 Å². The Morgan fingerprint density at radius 1 is 1.57 bits per heavy atom. The van der Waals surface area contributed by atoms with Gasteiger partial charge in [-0.15, -0.1) is 0 Å². The largest absolute Gasteiger partial charge is 0.370 e. The van der Waals surface area contributed by atoms with Gasteiger partial charge >= 0.3 is 0 Å². The summed E-state index contributed by atoms with van der Waals surface area (Å²) in [7, 11) is 0. The first-order valence-electron chi connectivity index (χ1n) is 4.47. The van der Waals surface area contributed by atoms with E-state index in [1.807, 2.05) is 32.0 Å². The van der Waals surface area contributed by atoms with E-state index < -0.39 is 0 Å². The van der Waals surface area contributed by atoms with Crippen LogP contribution in [0.4, 0.5) is 5.82 Å². The number of nitrogens with one attached hydrogen (secondary N) is 1. The number of hydrogen-bond donors (Lipinski definition) is 2. The first kappa shape index (κ1) is 10.5. The number of rotatable bonds is 4. The van der Waals surface area contributed by atoms with Gasteiger partial charge in [0.05, 0.1) is 0 Å². The van der Waals surface area contributed by atoms with Crippen molar-refractivity contribution in [3.8, 4) is 0 Å². The van der Waals surface area contributed by atoms with E-state index in [9.17, 15) is 4.79 Å². The van der Waals surface area contributed by atoms with Crippen LogP contribution in [0.15, 0.2) is 24.4 Å². The standard InChI is InChI=1S/C10H15N3O/c1-10(2,7-8(11)14)13-9-5-3-4-6-12-9/h3-6H,7H2,1-2H3,(H2,11,14)(H,12,13). The van der Waals surface area contributed by atoms with Crippen LogP contribution in [-0.4, -0.2) is 16.4 Å². The van der Waals surface area contributed by atoms with E-state index >= 15 is 0 Å². The molecule has 1 aromatic rings. The van der Waals surface area contributed by atoms with Gasteiger partial charge in [0, 0.05) is 18.2 Å². The summed E-state index contributed by atoms with van der Waals surface area (Å²) < 4.78 is 0. The van der Waals surface area contributed by atoms with E-state index in [2.05, 4.69) is 10.3 Å². The lowest BCUT2D eigenvalue weighted by Crippen LogP contribution is -2.36. The quantitative estimate of drug-likeness (QED) is 0.753. The average molecular weight is 193 g/mol. The van der Waals surface area contributed by atoms with Crippen molar-refractivity contribution in [2.75, 3.05) is 5.32 Å². The molecule has 0 aliphatic heterocycles. The maximum atomic E-state index is 10.8. The van der Waals surface area contributed by atoms with Crippen molar-refractivity contribution in [1.82, 2.24) is 4.98 Å². The monoisotopic (exact) mass is 193 g/mol. The van der Waals surface area contributed by atoms with E-state index in [1.165, 1.54) is 0 Å². The third-order valence-electron chi connectivity index (χ3n) is 1.75. The van der Waals surface area contributed by atoms with Crippen LogP contribution in [0.3, 0.4) is 0 Å². The number of amides is 1. The zero-order chi connectivity index (χ0) is 10.6. The minimum Gasteiger partial charge on any atom is -0.370 e. The molecule has 4 nitrogen and oxygen atoms in total. The Kier molecular flexibility index (Phi) is 3.06. The highest BCUT2D eigenvalue weighted by Gasteiger charge is 2.20. The molecule has 0 aromatic carbocycles. The SMILES string of the molecule is CC(C)(CC(N)=O)Nc1ccccn1. The zero-order valence-electron chi connectivity index (χ0n) is 8.45. The highest BCUT2D eigenvalue weighted by Crippen LogP contribution is 2.15. The lowest BCUT2D eigenvalue weighted by atomic mass is 10.0. The van der Waals surface area contributed by atoms with E-state index in [1.54, 1.807) is 6.20 Å². The lowest BCUT2D eigenvalue weighted by Gasteiger charge is -2.25. The normalized spacial score (nSPS) is 11.0. The molecule has 0 saturated carbocycles. The summed E-state index contributed by atoms with van der Waals surface area (Å²) in [6, 6.07) is 5.57. The van der Waals surface area contributed by atoms with E-state index in [0.29, 0.717) is 0 Å². The van der Waals surface area contributed by atoms with Crippen molar-refractivity contribution >= 4 is 11.7 Å². The highest BCUT2D eigenvalue weighted by atomic mass is 16.1. The molecule has 1 rings (SSSR count). The molecular formula is C10H15N3O. The Morgan fingerprint density at radius 2 is 2.29 bits per heavy atom. The number of anilines is 1. The first-order valence-corrected chi connectivity index (χ1v) is 4.47. The van der Waals surface area contributed by atoms with Gasteiger partial charge in [0.1, 0.15) is 5.82 Å². The predicted molar refractivity (Wildman–Crippen MR) is 55.8 cm³/mol. The van der Waals surface area contributed by atoms with Crippen molar-refractivity contribution in [3.63, 3.8) is 0 Å². The third-order valence-corrected chi connectivity index (χ3v) is 1.75. The van der Waals surface area contributed by atoms with E-state index in [4.69, 9.17) is 5.73 Å². The van der Waals surface area contributed by atoms with Crippen LogP contribution < -0.4 is 11.1 Å². The Labute approximate surface area is 83.5 Å². The van der Waals surface area contributed by atoms with Crippen molar-refractivity contribution in [3.05, 3.63) is 24.4 Å². The Hall–Kier alpha value is -1.58. The molecule has 0 saturated heterocycles. The summed E-state index contributed by atoms with van der Waals surface area (Å²) >= 11 is 0. The molecule has 0 radical (unpaired) electrons. The molecule has 3 N–H and O–H groups in total. The number of nitrogens with zero attached hydrogens (tertiary/aromatic N) is 1. The van der Waals surface area contributed by atoms with Gasteiger partial charge in [-0.1, -0.05) is 6.07 Å². The fourth-order valence-electron chi connectivity index (χ4n) is 1.26. The summed E-state index contributed by atoms with van der Waals surface area (Å²) in [5, 5.41) is 3.14. The highest BCUT2D eigenvalue weighted by molar-refractivity contribution is 5.75. The summed E-state index contributed by atoms with van der Waals surface area (Å²) in [6.07, 6.45) is 1.98. The van der Waals surface area contributed by atoms with Crippen molar-refractivity contribution in [2.45, 2.75) is 25.8 Å². The molecule has 0 unspecified atom stereocenters. The minimum absolute atomic E-state index is 0.281. The topological polar surface area (TPSA) is 68.0 Å². The van der Waals surface area contributed by atoms with Crippen molar-refractivity contribution in [2.24, 2.45) is 5.73 Å². The number of carbonyl (C=O) groups is 1. The van der Waals surface area contributed by atoms with Crippen LogP contribution >= 0.6 is 0 Å². The number of aromatic nitrogens is 1. The fourth-order valence-corrected chi connectivity index (χ4v) is 1.26. The molecule has 0 spiro atoms. The second-order valence-electron chi connectivity index (χ2n) is 3.87. The summed E-state index contributed by atoms with van der Waals surface area (Å²) in [5.74, 6) is 0.428. The number of primary amides is 1. The molecule has 4 heteroatoms. The van der Waals surface area contributed by atoms with Gasteiger partial charge in [-0.25, -0.2) is 4.98 Å². The number of pyridine rings is 1. The van der Waals surface area contributed by atoms with Crippen molar-refractivity contribution < 1.29 is 4.79 Å². The third kappa shape index (κ3) is 3.43. The predicted octanol–water partition coefficient (Wildman–Crippen LogP) is 1.15. The van der Waals surface area contributed by atoms with Crippen LogP contribution in [-0.2, 0) is 4.79 Å². The maximum Gasteiger partial charge on any atom is 0.219 e. The molecule has 14 heavy (non-hydrogen) atoms. The minimum atomic E-state index is -0.361. The molecule has 0 aliphatic carbocycles. The molecular weight excluding hydrogens is 178 g/mol. The molecule has 1 amide bonds. The molecule has 76 valence electrons. The van der Waals surface area contributed by atoms with Crippen LogP contribution in [0.25, 0.3) is 0 Å². The van der Waals surface area contributed by atoms with Gasteiger partial charge < -0.3 is 11.1 Å². The first-order chi connectivity index (χ1) is 6.49. The van der Waals surface area contributed by atoms with Gasteiger partial charge in [0.25, 0.3) is 0 Å². The summed E-state index contributed by atoms with van der Waals surface area (Å²) in [4.78, 5) is 14.9. The van der Waals surface area contributed by atoms with Crippen LogP contribution in [0.1, 0.15) is 20.3 Å². The summed E-state index contributed by atoms with van der Waals surface area (Å²) in [5.41, 5.74) is 4.77. The van der Waals surface area contributed by atoms with Gasteiger partial charge in [-0.3, -0.25) is 4.79 Å². The van der Waals surface area contributed by atoms with Gasteiger partial charge in [-0.05, 0) is 26.0 Å². The molecule has 1 heterocycles. The van der Waals surface area contributed by atoms with E-state index in [-0.39, 0.29) is 17.9 Å². The van der Waals surface area contributed by atoms with Gasteiger partial charge in [0.2, 0.25) is 5.91 Å². The zero-order valence-corrected chi connectivity index (χ0v) is 8.45. The molecule has 0 bridgehead atoms. The smallest absolute Gasteiger partial charge is 0.219 e. The van der Waals surface area contributed by atoms with Crippen LogP contribution in [0, 0.1) is 0 Å². The average Bonchev–Trinajstić information content (AvgIpc) is 2.02. The Bertz CT molecular complexity index is 308. The molecule has 0 atom stereocenters. The second-order valence-corrected chi connectivity index (χ2v) is 3.87. The fraction of sp³-hybridized carbons (Fsp3) is 0.400. The summed E-state index contributed by atoms with van der Waals surface area (Å²) in [6.45, 7) is 3.82. The van der Waals surface area contributed by atoms with Gasteiger partial charge in [-0.2, -0.15) is 0 Å².